The Balaban J connectivity index is 1.56. The van der Waals surface area contributed by atoms with Gasteiger partial charge in [0.15, 0.2) is 0 Å². The maximum Gasteiger partial charge on any atom is 0.255 e. The third-order valence-corrected chi connectivity index (χ3v) is 3.82. The van der Waals surface area contributed by atoms with Crippen LogP contribution in [0.15, 0.2) is 78.9 Å². The van der Waals surface area contributed by atoms with Crippen molar-refractivity contribution in [1.29, 1.82) is 0 Å². The Morgan fingerprint density at radius 3 is 2.31 bits per heavy atom. The predicted octanol–water partition coefficient (Wildman–Crippen LogP) is 4.19. The van der Waals surface area contributed by atoms with Crippen LogP contribution in [-0.4, -0.2) is 17.6 Å². The summed E-state index contributed by atoms with van der Waals surface area (Å²) in [5.74, 6) is -0.157. The molecule has 0 unspecified atom stereocenters. The molecule has 5 heteroatoms. The number of carbonyl (C=O) groups is 1. The normalized spacial score (nSPS) is 11.6. The molecule has 4 nitrogen and oxygen atoms in total. The number of hydrogen-bond donors (Lipinski definition) is 2. The molecular weight excluding hydrogens is 333 g/mol. The van der Waals surface area contributed by atoms with E-state index >= 15 is 0 Å². The van der Waals surface area contributed by atoms with Crippen molar-refractivity contribution in [2.24, 2.45) is 0 Å². The molecule has 0 aliphatic heterocycles. The molecule has 0 radical (unpaired) electrons. The van der Waals surface area contributed by atoms with E-state index in [4.69, 9.17) is 4.74 Å². The van der Waals surface area contributed by atoms with E-state index in [9.17, 15) is 14.3 Å². The summed E-state index contributed by atoms with van der Waals surface area (Å²) < 4.78 is 19.1. The van der Waals surface area contributed by atoms with Crippen molar-refractivity contribution in [3.8, 4) is 5.75 Å². The van der Waals surface area contributed by atoms with Gasteiger partial charge in [-0.2, -0.15) is 0 Å². The molecule has 0 spiro atoms. The molecule has 1 amide bonds. The van der Waals surface area contributed by atoms with Crippen LogP contribution >= 0.6 is 0 Å². The molecule has 3 aromatic rings. The summed E-state index contributed by atoms with van der Waals surface area (Å²) in [6.07, 6.45) is -1.06. The number of aliphatic hydroxyl groups is 1. The first-order chi connectivity index (χ1) is 12.6. The lowest BCUT2D eigenvalue weighted by atomic mass is 10.1. The van der Waals surface area contributed by atoms with Gasteiger partial charge in [-0.1, -0.05) is 36.4 Å². The van der Waals surface area contributed by atoms with Crippen molar-refractivity contribution in [3.63, 3.8) is 0 Å². The number of ether oxygens (including phenoxy) is 1. The first kappa shape index (κ1) is 17.6. The van der Waals surface area contributed by atoms with Crippen molar-refractivity contribution in [2.75, 3.05) is 11.9 Å². The zero-order valence-corrected chi connectivity index (χ0v) is 13.9. The van der Waals surface area contributed by atoms with Crippen molar-refractivity contribution in [2.45, 2.75) is 6.10 Å². The molecule has 0 aliphatic carbocycles. The molecular formula is C21H18FNO3. The van der Waals surface area contributed by atoms with Crippen LogP contribution in [-0.2, 0) is 0 Å². The van der Waals surface area contributed by atoms with E-state index in [1.807, 2.05) is 6.07 Å². The van der Waals surface area contributed by atoms with Gasteiger partial charge in [0.25, 0.3) is 5.91 Å². The van der Waals surface area contributed by atoms with E-state index in [2.05, 4.69) is 5.32 Å². The molecule has 26 heavy (non-hydrogen) atoms. The molecule has 132 valence electrons. The maximum absolute atomic E-state index is 13.6. The van der Waals surface area contributed by atoms with Gasteiger partial charge in [0.05, 0.1) is 0 Å². The highest BCUT2D eigenvalue weighted by Gasteiger charge is 2.13. The predicted molar refractivity (Wildman–Crippen MR) is 97.7 cm³/mol. The quantitative estimate of drug-likeness (QED) is 0.700. The minimum atomic E-state index is -1.06. The number of carbonyl (C=O) groups excluding carboxylic acids is 1. The monoisotopic (exact) mass is 351 g/mol. The van der Waals surface area contributed by atoms with E-state index in [0.717, 1.165) is 0 Å². The summed E-state index contributed by atoms with van der Waals surface area (Å²) >= 11 is 0. The topological polar surface area (TPSA) is 58.6 Å². The van der Waals surface area contributed by atoms with Gasteiger partial charge in [-0.25, -0.2) is 4.39 Å². The number of hydrogen-bond acceptors (Lipinski definition) is 3. The minimum Gasteiger partial charge on any atom is -0.491 e. The molecule has 0 aliphatic rings. The molecule has 2 N–H and O–H groups in total. The van der Waals surface area contributed by atoms with Gasteiger partial charge in [0.1, 0.15) is 24.3 Å². The zero-order valence-electron chi connectivity index (χ0n) is 13.9. The standard InChI is InChI=1S/C21H18FNO3/c22-19-9-5-4-8-18(19)20(24)14-26-17-12-10-16(11-13-17)23-21(25)15-6-2-1-3-7-15/h1-13,20,24H,14H2,(H,23,25)/t20-/m1/s1. The summed E-state index contributed by atoms with van der Waals surface area (Å²) in [7, 11) is 0. The van der Waals surface area contributed by atoms with Gasteiger partial charge in [-0.05, 0) is 42.5 Å². The smallest absolute Gasteiger partial charge is 0.255 e. The van der Waals surface area contributed by atoms with Gasteiger partial charge in [-0.15, -0.1) is 0 Å². The molecule has 0 saturated carbocycles. The molecule has 0 saturated heterocycles. The Morgan fingerprint density at radius 2 is 1.62 bits per heavy atom. The van der Waals surface area contributed by atoms with Gasteiger partial charge >= 0.3 is 0 Å². The maximum atomic E-state index is 13.6. The zero-order chi connectivity index (χ0) is 18.4. The highest BCUT2D eigenvalue weighted by atomic mass is 19.1. The van der Waals surface area contributed by atoms with Crippen LogP contribution in [0.2, 0.25) is 0 Å². The number of halogens is 1. The van der Waals surface area contributed by atoms with Crippen molar-refractivity contribution < 1.29 is 19.0 Å². The van der Waals surface area contributed by atoms with Crippen LogP contribution in [0.4, 0.5) is 10.1 Å². The number of anilines is 1. The van der Waals surface area contributed by atoms with Gasteiger partial charge in [-0.3, -0.25) is 4.79 Å². The Bertz CT molecular complexity index is 866. The SMILES string of the molecule is O=C(Nc1ccc(OC[C@@H](O)c2ccccc2F)cc1)c1ccccc1. The van der Waals surface area contributed by atoms with Crippen LogP contribution < -0.4 is 10.1 Å². The number of rotatable bonds is 6. The van der Waals surface area contributed by atoms with E-state index < -0.39 is 11.9 Å². The fourth-order valence-corrected chi connectivity index (χ4v) is 2.44. The van der Waals surface area contributed by atoms with E-state index in [-0.39, 0.29) is 18.1 Å². The molecule has 0 aromatic heterocycles. The fraction of sp³-hybridized carbons (Fsp3) is 0.0952. The summed E-state index contributed by atoms with van der Waals surface area (Å²) in [6.45, 7) is -0.0728. The van der Waals surface area contributed by atoms with Crippen LogP contribution in [0.25, 0.3) is 0 Å². The van der Waals surface area contributed by atoms with Gasteiger partial charge < -0.3 is 15.2 Å². The molecule has 3 aromatic carbocycles. The highest BCUT2D eigenvalue weighted by Crippen LogP contribution is 2.20. The first-order valence-electron chi connectivity index (χ1n) is 8.15. The number of amides is 1. The van der Waals surface area contributed by atoms with Crippen LogP contribution in [0.1, 0.15) is 22.0 Å². The average Bonchev–Trinajstić information content (AvgIpc) is 2.68. The molecule has 0 bridgehead atoms. The Hall–Kier alpha value is -3.18. The van der Waals surface area contributed by atoms with Crippen molar-refractivity contribution >= 4 is 11.6 Å². The van der Waals surface area contributed by atoms with Gasteiger partial charge in [0.2, 0.25) is 0 Å². The summed E-state index contributed by atoms with van der Waals surface area (Å²) in [5.41, 5.74) is 1.39. The summed E-state index contributed by atoms with van der Waals surface area (Å²) in [5, 5.41) is 12.8. The lowest BCUT2D eigenvalue weighted by Crippen LogP contribution is -2.12. The third kappa shape index (κ3) is 4.46. The number of aliphatic hydroxyl groups excluding tert-OH is 1. The fourth-order valence-electron chi connectivity index (χ4n) is 2.44. The first-order valence-corrected chi connectivity index (χ1v) is 8.15. The van der Waals surface area contributed by atoms with Gasteiger partial charge in [0, 0.05) is 16.8 Å². The highest BCUT2D eigenvalue weighted by molar-refractivity contribution is 6.04. The average molecular weight is 351 g/mol. The second-order valence-corrected chi connectivity index (χ2v) is 5.69. The number of nitrogens with one attached hydrogen (secondary N) is 1. The lowest BCUT2D eigenvalue weighted by Gasteiger charge is -2.14. The second kappa shape index (κ2) is 8.27. The van der Waals surface area contributed by atoms with E-state index in [1.165, 1.54) is 12.1 Å². The molecule has 3 rings (SSSR count). The Morgan fingerprint density at radius 1 is 0.962 bits per heavy atom. The molecule has 1 atom stereocenters. The minimum absolute atomic E-state index is 0.0728. The van der Waals surface area contributed by atoms with Crippen molar-refractivity contribution in [1.82, 2.24) is 0 Å². The van der Waals surface area contributed by atoms with E-state index in [0.29, 0.717) is 17.0 Å². The summed E-state index contributed by atoms with van der Waals surface area (Å²) in [6, 6.07) is 21.7. The third-order valence-electron chi connectivity index (χ3n) is 3.82. The van der Waals surface area contributed by atoms with E-state index in [1.54, 1.807) is 60.7 Å². The van der Waals surface area contributed by atoms with Crippen LogP contribution in [0.3, 0.4) is 0 Å². The summed E-state index contributed by atoms with van der Waals surface area (Å²) in [4.78, 5) is 12.1. The second-order valence-electron chi connectivity index (χ2n) is 5.69. The molecule has 0 fully saturated rings. The molecule has 0 heterocycles. The largest absolute Gasteiger partial charge is 0.491 e. The lowest BCUT2D eigenvalue weighted by molar-refractivity contribution is 0.102. The number of benzene rings is 3. The van der Waals surface area contributed by atoms with Crippen LogP contribution in [0.5, 0.6) is 5.75 Å². The Labute approximate surface area is 150 Å². The van der Waals surface area contributed by atoms with Crippen molar-refractivity contribution in [3.05, 3.63) is 95.8 Å². The Kier molecular flexibility index (Phi) is 5.61. The van der Waals surface area contributed by atoms with Crippen LogP contribution in [0, 0.1) is 5.82 Å².